The van der Waals surface area contributed by atoms with Crippen molar-refractivity contribution in [3.63, 3.8) is 0 Å². The van der Waals surface area contributed by atoms with Gasteiger partial charge >= 0.3 is 5.97 Å². The summed E-state index contributed by atoms with van der Waals surface area (Å²) < 4.78 is 0. The lowest BCUT2D eigenvalue weighted by atomic mass is 10.0. The molecule has 0 spiro atoms. The SMILES string of the molecule is C=CCN(C(C)=O)C(C)(C)C(=O)O. The number of hydrogen-bond acceptors (Lipinski definition) is 2. The highest BCUT2D eigenvalue weighted by Crippen LogP contribution is 2.14. The average Bonchev–Trinajstić information content (AvgIpc) is 1.98. The lowest BCUT2D eigenvalue weighted by Crippen LogP contribution is -2.52. The molecule has 1 N–H and O–H groups in total. The summed E-state index contributed by atoms with van der Waals surface area (Å²) in [5.41, 5.74) is -1.18. The van der Waals surface area contributed by atoms with Crippen LogP contribution in [0.5, 0.6) is 0 Å². The number of carbonyl (C=O) groups is 2. The molecule has 0 saturated heterocycles. The summed E-state index contributed by atoms with van der Waals surface area (Å²) in [6.07, 6.45) is 1.51. The number of carboxylic acid groups (broad SMARTS) is 1. The highest BCUT2D eigenvalue weighted by atomic mass is 16.4. The first-order valence-corrected chi connectivity index (χ1v) is 3.96. The normalized spacial score (nSPS) is 10.7. The average molecular weight is 185 g/mol. The van der Waals surface area contributed by atoms with Gasteiger partial charge in [-0.25, -0.2) is 4.79 Å². The number of carboxylic acids is 1. The fourth-order valence-electron chi connectivity index (χ4n) is 0.995. The minimum atomic E-state index is -1.18. The maximum atomic E-state index is 11.1. The van der Waals surface area contributed by atoms with E-state index >= 15 is 0 Å². The Balaban J connectivity index is 4.81. The maximum Gasteiger partial charge on any atom is 0.329 e. The van der Waals surface area contributed by atoms with Crippen LogP contribution >= 0.6 is 0 Å². The molecule has 0 radical (unpaired) electrons. The predicted molar refractivity (Wildman–Crippen MR) is 49.3 cm³/mol. The monoisotopic (exact) mass is 185 g/mol. The van der Waals surface area contributed by atoms with Crippen molar-refractivity contribution in [3.05, 3.63) is 12.7 Å². The molecule has 0 aliphatic rings. The number of rotatable bonds is 4. The Morgan fingerprint density at radius 2 is 2.00 bits per heavy atom. The Morgan fingerprint density at radius 3 is 2.23 bits per heavy atom. The number of amides is 1. The van der Waals surface area contributed by atoms with Crippen LogP contribution in [0.1, 0.15) is 20.8 Å². The third-order valence-electron chi connectivity index (χ3n) is 1.89. The molecule has 0 rings (SSSR count). The van der Waals surface area contributed by atoms with E-state index in [0.29, 0.717) is 0 Å². The van der Waals surface area contributed by atoms with Crippen molar-refractivity contribution < 1.29 is 14.7 Å². The fraction of sp³-hybridized carbons (Fsp3) is 0.556. The van der Waals surface area contributed by atoms with Gasteiger partial charge in [-0.2, -0.15) is 0 Å². The largest absolute Gasteiger partial charge is 0.480 e. The van der Waals surface area contributed by atoms with Crippen LogP contribution in [0.4, 0.5) is 0 Å². The molecule has 1 amide bonds. The van der Waals surface area contributed by atoms with E-state index in [9.17, 15) is 9.59 Å². The standard InChI is InChI=1S/C9H15NO3/c1-5-6-10(7(2)11)9(3,4)8(12)13/h5H,1,6H2,2-4H3,(H,12,13). The number of nitrogens with zero attached hydrogens (tertiary/aromatic N) is 1. The van der Waals surface area contributed by atoms with E-state index in [4.69, 9.17) is 5.11 Å². The minimum absolute atomic E-state index is 0.245. The first-order valence-electron chi connectivity index (χ1n) is 3.96. The van der Waals surface area contributed by atoms with E-state index in [0.717, 1.165) is 0 Å². The zero-order valence-electron chi connectivity index (χ0n) is 8.20. The van der Waals surface area contributed by atoms with Gasteiger partial charge in [0.2, 0.25) is 5.91 Å². The van der Waals surface area contributed by atoms with Gasteiger partial charge in [0.15, 0.2) is 0 Å². The Kier molecular flexibility index (Phi) is 3.66. The molecule has 0 aliphatic heterocycles. The van der Waals surface area contributed by atoms with Crippen LogP contribution in [0.2, 0.25) is 0 Å². The smallest absolute Gasteiger partial charge is 0.329 e. The number of hydrogen-bond donors (Lipinski definition) is 1. The second-order valence-corrected chi connectivity index (χ2v) is 3.28. The van der Waals surface area contributed by atoms with Gasteiger partial charge in [-0.3, -0.25) is 4.79 Å². The van der Waals surface area contributed by atoms with Gasteiger partial charge in [0.1, 0.15) is 5.54 Å². The quantitative estimate of drug-likeness (QED) is 0.661. The first kappa shape index (κ1) is 11.7. The van der Waals surface area contributed by atoms with Gasteiger partial charge in [-0.15, -0.1) is 6.58 Å². The van der Waals surface area contributed by atoms with Crippen molar-refractivity contribution in [2.75, 3.05) is 6.54 Å². The van der Waals surface area contributed by atoms with Crippen LogP contribution in [0.3, 0.4) is 0 Å². The lowest BCUT2D eigenvalue weighted by molar-refractivity contribution is -0.155. The van der Waals surface area contributed by atoms with Gasteiger partial charge in [-0.1, -0.05) is 6.08 Å². The van der Waals surface area contributed by atoms with Crippen LogP contribution in [0.15, 0.2) is 12.7 Å². The summed E-state index contributed by atoms with van der Waals surface area (Å²) in [6, 6.07) is 0. The Hall–Kier alpha value is -1.32. The van der Waals surface area contributed by atoms with Gasteiger partial charge < -0.3 is 10.0 Å². The Labute approximate surface area is 77.8 Å². The third-order valence-corrected chi connectivity index (χ3v) is 1.89. The van der Waals surface area contributed by atoms with Gasteiger partial charge in [-0.05, 0) is 13.8 Å². The van der Waals surface area contributed by atoms with E-state index in [1.54, 1.807) is 0 Å². The van der Waals surface area contributed by atoms with Crippen molar-refractivity contribution in [2.45, 2.75) is 26.3 Å². The lowest BCUT2D eigenvalue weighted by Gasteiger charge is -2.33. The summed E-state index contributed by atoms with van der Waals surface area (Å²) in [4.78, 5) is 23.2. The van der Waals surface area contributed by atoms with E-state index in [1.807, 2.05) is 0 Å². The highest BCUT2D eigenvalue weighted by Gasteiger charge is 2.35. The summed E-state index contributed by atoms with van der Waals surface area (Å²) in [5.74, 6) is -1.29. The molecular formula is C9H15NO3. The second-order valence-electron chi connectivity index (χ2n) is 3.28. The maximum absolute atomic E-state index is 11.1. The molecule has 0 aromatic rings. The molecule has 0 aliphatic carbocycles. The third kappa shape index (κ3) is 2.57. The van der Waals surface area contributed by atoms with Crippen molar-refractivity contribution in [2.24, 2.45) is 0 Å². The number of carbonyl (C=O) groups excluding carboxylic acids is 1. The van der Waals surface area contributed by atoms with Crippen LogP contribution < -0.4 is 0 Å². The minimum Gasteiger partial charge on any atom is -0.480 e. The molecule has 0 aromatic heterocycles. The van der Waals surface area contributed by atoms with Crippen molar-refractivity contribution >= 4 is 11.9 Å². The summed E-state index contributed by atoms with van der Waals surface area (Å²) in [7, 11) is 0. The van der Waals surface area contributed by atoms with Gasteiger partial charge in [0, 0.05) is 13.5 Å². The Morgan fingerprint density at radius 1 is 1.54 bits per heavy atom. The molecule has 0 saturated carbocycles. The highest BCUT2D eigenvalue weighted by molar-refractivity contribution is 5.85. The van der Waals surface area contributed by atoms with Crippen LogP contribution in [-0.4, -0.2) is 34.0 Å². The number of aliphatic carboxylic acids is 1. The zero-order chi connectivity index (χ0) is 10.6. The molecule has 0 unspecified atom stereocenters. The summed E-state index contributed by atoms with van der Waals surface area (Å²) >= 11 is 0. The van der Waals surface area contributed by atoms with E-state index in [-0.39, 0.29) is 12.5 Å². The zero-order valence-corrected chi connectivity index (χ0v) is 8.20. The van der Waals surface area contributed by atoms with Crippen molar-refractivity contribution in [1.29, 1.82) is 0 Å². The molecule has 4 nitrogen and oxygen atoms in total. The Bertz CT molecular complexity index is 233. The molecule has 0 bridgehead atoms. The molecule has 0 aromatic carbocycles. The summed E-state index contributed by atoms with van der Waals surface area (Å²) in [6.45, 7) is 8.03. The predicted octanol–water partition coefficient (Wildman–Crippen LogP) is 0.884. The first-order chi connectivity index (χ1) is 5.84. The fourth-order valence-corrected chi connectivity index (χ4v) is 0.995. The van der Waals surface area contributed by atoms with Crippen LogP contribution in [0, 0.1) is 0 Å². The van der Waals surface area contributed by atoms with E-state index in [2.05, 4.69) is 6.58 Å². The molecule has 0 fully saturated rings. The van der Waals surface area contributed by atoms with Crippen molar-refractivity contribution in [3.8, 4) is 0 Å². The van der Waals surface area contributed by atoms with Crippen LogP contribution in [0.25, 0.3) is 0 Å². The molecular weight excluding hydrogens is 170 g/mol. The van der Waals surface area contributed by atoms with Crippen molar-refractivity contribution in [1.82, 2.24) is 4.90 Å². The van der Waals surface area contributed by atoms with Crippen LogP contribution in [-0.2, 0) is 9.59 Å². The molecule has 74 valence electrons. The van der Waals surface area contributed by atoms with E-state index in [1.165, 1.54) is 31.7 Å². The second kappa shape index (κ2) is 4.07. The summed E-state index contributed by atoms with van der Waals surface area (Å²) in [5, 5.41) is 8.86. The van der Waals surface area contributed by atoms with E-state index < -0.39 is 11.5 Å². The topological polar surface area (TPSA) is 57.6 Å². The molecule has 13 heavy (non-hydrogen) atoms. The molecule has 0 heterocycles. The van der Waals surface area contributed by atoms with Gasteiger partial charge in [0.05, 0.1) is 0 Å². The molecule has 0 atom stereocenters. The van der Waals surface area contributed by atoms with Gasteiger partial charge in [0.25, 0.3) is 0 Å². The molecule has 4 heteroatoms.